The first kappa shape index (κ1) is 9.90. The van der Waals surface area contributed by atoms with Gasteiger partial charge in [0.05, 0.1) is 11.4 Å². The fourth-order valence-corrected chi connectivity index (χ4v) is 1.03. The molecule has 0 N–H and O–H groups in total. The maximum atomic E-state index is 4.19. The second kappa shape index (κ2) is 4.75. The summed E-state index contributed by atoms with van der Waals surface area (Å²) in [5.41, 5.74) is 1.83. The predicted octanol–water partition coefficient (Wildman–Crippen LogP) is 2.14. The second-order valence-electron chi connectivity index (χ2n) is 2.43. The average Bonchev–Trinajstić information content (AvgIpc) is 2.21. The van der Waals surface area contributed by atoms with E-state index >= 15 is 0 Å². The summed E-state index contributed by atoms with van der Waals surface area (Å²) in [6.45, 7) is 0. The molecule has 0 aromatic carbocycles. The van der Waals surface area contributed by atoms with E-state index in [1.165, 1.54) is 0 Å². The molecule has 3 heteroatoms. The standard InChI is InChI=1S/C10H8N2.Fe/c1-3-7-11-9(5-1)10-6-2-4-8-12-10;/h1-8H;/q;+2. The molecule has 0 aliphatic rings. The van der Waals surface area contributed by atoms with E-state index in [1.807, 2.05) is 36.4 Å². The number of hydrogen-bond donors (Lipinski definition) is 0. The van der Waals surface area contributed by atoms with Crippen molar-refractivity contribution in [2.75, 3.05) is 0 Å². The van der Waals surface area contributed by atoms with E-state index < -0.39 is 0 Å². The van der Waals surface area contributed by atoms with Crippen molar-refractivity contribution in [2.24, 2.45) is 0 Å². The summed E-state index contributed by atoms with van der Waals surface area (Å²) in [5, 5.41) is 0. The van der Waals surface area contributed by atoms with Crippen molar-refractivity contribution in [3.63, 3.8) is 0 Å². The fourth-order valence-electron chi connectivity index (χ4n) is 1.03. The zero-order chi connectivity index (χ0) is 8.23. The minimum Gasteiger partial charge on any atom is -0.255 e. The molecule has 0 aliphatic carbocycles. The van der Waals surface area contributed by atoms with Crippen LogP contribution in [0, 0.1) is 0 Å². The smallest absolute Gasteiger partial charge is 0.255 e. The summed E-state index contributed by atoms with van der Waals surface area (Å²) in [6, 6.07) is 11.6. The quantitative estimate of drug-likeness (QED) is 0.676. The van der Waals surface area contributed by atoms with E-state index in [0.717, 1.165) is 11.4 Å². The van der Waals surface area contributed by atoms with Crippen LogP contribution in [0.15, 0.2) is 48.8 Å². The van der Waals surface area contributed by atoms with Crippen LogP contribution in [0.4, 0.5) is 0 Å². The maximum absolute atomic E-state index is 4.19. The Morgan fingerprint density at radius 2 is 1.15 bits per heavy atom. The van der Waals surface area contributed by atoms with Gasteiger partial charge in [0.1, 0.15) is 0 Å². The van der Waals surface area contributed by atoms with Gasteiger partial charge in [-0.2, -0.15) is 0 Å². The van der Waals surface area contributed by atoms with Crippen LogP contribution in [-0.2, 0) is 17.1 Å². The van der Waals surface area contributed by atoms with Gasteiger partial charge in [0.15, 0.2) is 0 Å². The molecule has 0 spiro atoms. The van der Waals surface area contributed by atoms with Gasteiger partial charge in [-0.3, -0.25) is 9.97 Å². The molecule has 0 saturated heterocycles. The summed E-state index contributed by atoms with van der Waals surface area (Å²) < 4.78 is 0. The van der Waals surface area contributed by atoms with Crippen LogP contribution in [0.1, 0.15) is 0 Å². The first-order chi connectivity index (χ1) is 5.97. The molecular weight excluding hydrogens is 204 g/mol. The Bertz CT molecular complexity index is 310. The van der Waals surface area contributed by atoms with Crippen LogP contribution < -0.4 is 0 Å². The molecule has 2 nitrogen and oxygen atoms in total. The predicted molar refractivity (Wildman–Crippen MR) is 47.5 cm³/mol. The van der Waals surface area contributed by atoms with E-state index in [-0.39, 0.29) is 17.1 Å². The minimum atomic E-state index is 0. The van der Waals surface area contributed by atoms with Gasteiger partial charge in [-0.25, -0.2) is 0 Å². The van der Waals surface area contributed by atoms with Crippen LogP contribution in [0.5, 0.6) is 0 Å². The van der Waals surface area contributed by atoms with Gasteiger partial charge in [0, 0.05) is 12.4 Å². The summed E-state index contributed by atoms with van der Waals surface area (Å²) >= 11 is 0. The largest absolute Gasteiger partial charge is 2.00 e. The Hall–Kier alpha value is -1.18. The number of aromatic nitrogens is 2. The Kier molecular flexibility index (Phi) is 3.62. The monoisotopic (exact) mass is 212 g/mol. The van der Waals surface area contributed by atoms with Gasteiger partial charge in [0.25, 0.3) is 0 Å². The number of rotatable bonds is 1. The van der Waals surface area contributed by atoms with Crippen molar-refractivity contribution in [1.29, 1.82) is 0 Å². The molecular formula is C10H8FeN2+2. The summed E-state index contributed by atoms with van der Waals surface area (Å²) in [4.78, 5) is 8.37. The van der Waals surface area contributed by atoms with Crippen molar-refractivity contribution < 1.29 is 17.1 Å². The molecule has 2 aromatic heterocycles. The molecule has 0 radical (unpaired) electrons. The van der Waals surface area contributed by atoms with Gasteiger partial charge in [-0.15, -0.1) is 0 Å². The molecule has 0 amide bonds. The van der Waals surface area contributed by atoms with Crippen LogP contribution in [-0.4, -0.2) is 9.97 Å². The Morgan fingerprint density at radius 3 is 1.46 bits per heavy atom. The van der Waals surface area contributed by atoms with Gasteiger partial charge in [0.2, 0.25) is 0 Å². The van der Waals surface area contributed by atoms with Crippen molar-refractivity contribution in [2.45, 2.75) is 0 Å². The number of nitrogens with zero attached hydrogens (tertiary/aromatic N) is 2. The molecule has 0 atom stereocenters. The van der Waals surface area contributed by atoms with E-state index in [9.17, 15) is 0 Å². The van der Waals surface area contributed by atoms with Gasteiger partial charge < -0.3 is 0 Å². The maximum Gasteiger partial charge on any atom is 2.00 e. The third-order valence-electron chi connectivity index (χ3n) is 1.59. The van der Waals surface area contributed by atoms with Crippen LogP contribution >= 0.6 is 0 Å². The first-order valence-electron chi connectivity index (χ1n) is 3.79. The molecule has 13 heavy (non-hydrogen) atoms. The van der Waals surface area contributed by atoms with Crippen LogP contribution in [0.25, 0.3) is 11.4 Å². The summed E-state index contributed by atoms with van der Waals surface area (Å²) in [6.07, 6.45) is 3.54. The Balaban J connectivity index is 0.000000845. The van der Waals surface area contributed by atoms with E-state index in [4.69, 9.17) is 0 Å². The molecule has 0 unspecified atom stereocenters. The molecule has 2 aromatic rings. The number of pyridine rings is 2. The van der Waals surface area contributed by atoms with Crippen LogP contribution in [0.2, 0.25) is 0 Å². The fraction of sp³-hybridized carbons (Fsp3) is 0. The van der Waals surface area contributed by atoms with E-state index in [2.05, 4.69) is 9.97 Å². The van der Waals surface area contributed by atoms with Crippen molar-refractivity contribution in [1.82, 2.24) is 9.97 Å². The zero-order valence-electron chi connectivity index (χ0n) is 6.87. The van der Waals surface area contributed by atoms with Crippen molar-refractivity contribution >= 4 is 0 Å². The summed E-state index contributed by atoms with van der Waals surface area (Å²) in [5.74, 6) is 0. The Labute approximate surface area is 87.5 Å². The van der Waals surface area contributed by atoms with Crippen LogP contribution in [0.3, 0.4) is 0 Å². The van der Waals surface area contributed by atoms with E-state index in [1.54, 1.807) is 12.4 Å². The molecule has 0 bridgehead atoms. The first-order valence-corrected chi connectivity index (χ1v) is 3.79. The topological polar surface area (TPSA) is 25.8 Å². The minimum absolute atomic E-state index is 0. The second-order valence-corrected chi connectivity index (χ2v) is 2.43. The van der Waals surface area contributed by atoms with Gasteiger partial charge >= 0.3 is 17.1 Å². The van der Waals surface area contributed by atoms with Crippen molar-refractivity contribution in [3.05, 3.63) is 48.8 Å². The SMILES string of the molecule is [Fe+2].c1ccc(-c2ccccn2)nc1. The molecule has 0 saturated carbocycles. The zero-order valence-corrected chi connectivity index (χ0v) is 7.97. The van der Waals surface area contributed by atoms with Crippen molar-refractivity contribution in [3.8, 4) is 11.4 Å². The molecule has 2 heterocycles. The number of hydrogen-bond acceptors (Lipinski definition) is 2. The van der Waals surface area contributed by atoms with Gasteiger partial charge in [-0.1, -0.05) is 12.1 Å². The molecule has 0 aliphatic heterocycles. The third-order valence-corrected chi connectivity index (χ3v) is 1.59. The van der Waals surface area contributed by atoms with Gasteiger partial charge in [-0.05, 0) is 24.3 Å². The molecule has 0 fully saturated rings. The molecule has 64 valence electrons. The normalized spacial score (nSPS) is 8.92. The van der Waals surface area contributed by atoms with E-state index in [0.29, 0.717) is 0 Å². The third kappa shape index (κ3) is 2.38. The average molecular weight is 212 g/mol. The Morgan fingerprint density at radius 1 is 0.692 bits per heavy atom. The summed E-state index contributed by atoms with van der Waals surface area (Å²) in [7, 11) is 0. The molecule has 2 rings (SSSR count).